The van der Waals surface area contributed by atoms with Crippen molar-refractivity contribution < 1.29 is 28.3 Å². The summed E-state index contributed by atoms with van der Waals surface area (Å²) in [7, 11) is 1.52. The van der Waals surface area contributed by atoms with E-state index in [-0.39, 0.29) is 53.7 Å². The van der Waals surface area contributed by atoms with E-state index in [1.54, 1.807) is 25.1 Å². The molecule has 10 nitrogen and oxygen atoms in total. The number of fused-ring (bicyclic) bond motifs is 5. The maximum atomic E-state index is 13.9. The fraction of sp³-hybridized carbons (Fsp3) is 0.471. The van der Waals surface area contributed by atoms with Gasteiger partial charge in [0, 0.05) is 48.6 Å². The maximum absolute atomic E-state index is 13.9. The van der Waals surface area contributed by atoms with Gasteiger partial charge in [-0.15, -0.1) is 0 Å². The fourth-order valence-electron chi connectivity index (χ4n) is 7.22. The van der Waals surface area contributed by atoms with Crippen molar-refractivity contribution in [2.75, 3.05) is 26.7 Å². The first-order valence-corrected chi connectivity index (χ1v) is 16.1. The number of amides is 4. The number of rotatable bonds is 5. The predicted octanol–water partition coefficient (Wildman–Crippen LogP) is 4.19. The molecule has 0 saturated carbocycles. The van der Waals surface area contributed by atoms with E-state index >= 15 is 0 Å². The number of nitrogens with one attached hydrogen (secondary N) is 2. The summed E-state index contributed by atoms with van der Waals surface area (Å²) in [5.74, 6) is -0.0790. The molecule has 3 aliphatic heterocycles. The lowest BCUT2D eigenvalue weighted by Crippen LogP contribution is -2.63. The number of ether oxygens (including phenoxy) is 1. The Morgan fingerprint density at radius 2 is 1.87 bits per heavy atom. The van der Waals surface area contributed by atoms with Crippen molar-refractivity contribution in [3.8, 4) is 5.75 Å². The van der Waals surface area contributed by atoms with Crippen molar-refractivity contribution in [1.82, 2.24) is 20.4 Å². The Bertz CT molecular complexity index is 1590. The first kappa shape index (κ1) is 31.0. The Hall–Kier alpha value is -4.05. The molecule has 1 aromatic heterocycles. The van der Waals surface area contributed by atoms with Gasteiger partial charge in [-0.2, -0.15) is 0 Å². The molecule has 238 valence electrons. The van der Waals surface area contributed by atoms with Crippen molar-refractivity contribution in [1.29, 1.82) is 0 Å². The molecule has 4 heterocycles. The van der Waals surface area contributed by atoms with Gasteiger partial charge in [0.15, 0.2) is 17.1 Å². The Labute approximate surface area is 267 Å². The molecule has 2 aromatic carbocycles. The highest BCUT2D eigenvalue weighted by atomic mass is 35.5. The summed E-state index contributed by atoms with van der Waals surface area (Å²) in [6.07, 6.45) is 3.41. The lowest BCUT2D eigenvalue weighted by Gasteiger charge is -2.51. The van der Waals surface area contributed by atoms with Gasteiger partial charge in [-0.05, 0) is 68.6 Å². The number of likely N-dealkylation sites (tertiary alicyclic amines) is 1. The molecule has 11 heteroatoms. The molecule has 4 amide bonds. The predicted molar refractivity (Wildman–Crippen MR) is 169 cm³/mol. The molecular formula is C34H39ClN4O6. The van der Waals surface area contributed by atoms with Gasteiger partial charge in [0.25, 0.3) is 5.91 Å². The standard InChI is InChI=1S/C34H39ClN4O6/c1-20-33(42)39-18-22-13-24(19-38(17-22)34(43)29-15-23-14-25(35)16-28(44-2)31(23)45-29)27(39)9-6-10-30(40)37-26(32(41)36-20)12-11-21-7-4-3-5-8-21/h3-5,7-8,14-16,20,22,24,26-27H,6,9-13,17-19H2,1-2H3,(H,36,41)(H,37,40)/t20-,22+,24-,26+,27+/m1/s1. The monoisotopic (exact) mass is 634 g/mol. The molecule has 2 N–H and O–H groups in total. The number of hydrogen-bond acceptors (Lipinski definition) is 6. The van der Waals surface area contributed by atoms with Gasteiger partial charge in [0.2, 0.25) is 17.7 Å². The number of aryl methyl sites for hydroxylation is 1. The highest BCUT2D eigenvalue weighted by Gasteiger charge is 2.45. The third-order valence-electron chi connectivity index (χ3n) is 9.37. The van der Waals surface area contributed by atoms with Crippen LogP contribution in [0.1, 0.15) is 55.1 Å². The Morgan fingerprint density at radius 1 is 1.07 bits per heavy atom. The number of piperidine rings is 2. The Morgan fingerprint density at radius 3 is 2.64 bits per heavy atom. The van der Waals surface area contributed by atoms with Gasteiger partial charge in [-0.25, -0.2) is 0 Å². The van der Waals surface area contributed by atoms with Gasteiger partial charge >= 0.3 is 0 Å². The molecule has 0 radical (unpaired) electrons. The smallest absolute Gasteiger partial charge is 0.289 e. The van der Waals surface area contributed by atoms with Crippen LogP contribution in [0.3, 0.4) is 0 Å². The second-order valence-electron chi connectivity index (χ2n) is 12.5. The zero-order valence-corrected chi connectivity index (χ0v) is 26.3. The van der Waals surface area contributed by atoms with Crippen LogP contribution in [0.4, 0.5) is 0 Å². The van der Waals surface area contributed by atoms with E-state index in [0.29, 0.717) is 67.1 Å². The number of carbonyl (C=O) groups excluding carboxylic acids is 4. The van der Waals surface area contributed by atoms with Gasteiger partial charge in [0.1, 0.15) is 12.1 Å². The van der Waals surface area contributed by atoms with Crippen molar-refractivity contribution in [3.05, 3.63) is 64.9 Å². The maximum Gasteiger partial charge on any atom is 0.289 e. The summed E-state index contributed by atoms with van der Waals surface area (Å²) in [6.45, 7) is 3.15. The zero-order valence-electron chi connectivity index (χ0n) is 25.6. The van der Waals surface area contributed by atoms with E-state index in [1.165, 1.54) is 7.11 Å². The minimum Gasteiger partial charge on any atom is -0.493 e. The largest absolute Gasteiger partial charge is 0.493 e. The lowest BCUT2D eigenvalue weighted by molar-refractivity contribution is -0.145. The minimum atomic E-state index is -0.746. The highest BCUT2D eigenvalue weighted by molar-refractivity contribution is 6.31. The summed E-state index contributed by atoms with van der Waals surface area (Å²) in [4.78, 5) is 57.6. The number of carbonyl (C=O) groups is 4. The van der Waals surface area contributed by atoms with E-state index < -0.39 is 12.1 Å². The van der Waals surface area contributed by atoms with Crippen LogP contribution in [0, 0.1) is 11.8 Å². The summed E-state index contributed by atoms with van der Waals surface area (Å²) in [5, 5.41) is 6.97. The number of hydrogen-bond donors (Lipinski definition) is 2. The summed E-state index contributed by atoms with van der Waals surface area (Å²) >= 11 is 6.22. The number of nitrogens with zero attached hydrogens (tertiary/aromatic N) is 2. The Balaban J connectivity index is 1.17. The van der Waals surface area contributed by atoms with E-state index in [2.05, 4.69) is 10.6 Å². The summed E-state index contributed by atoms with van der Waals surface area (Å²) in [5.41, 5.74) is 1.55. The zero-order chi connectivity index (χ0) is 31.7. The van der Waals surface area contributed by atoms with Gasteiger partial charge in [-0.3, -0.25) is 19.2 Å². The number of methoxy groups -OCH3 is 1. The summed E-state index contributed by atoms with van der Waals surface area (Å²) < 4.78 is 11.4. The van der Waals surface area contributed by atoms with Crippen molar-refractivity contribution in [2.24, 2.45) is 11.8 Å². The third kappa shape index (κ3) is 6.66. The highest BCUT2D eigenvalue weighted by Crippen LogP contribution is 2.38. The number of benzene rings is 2. The molecular weight excluding hydrogens is 596 g/mol. The first-order valence-electron chi connectivity index (χ1n) is 15.7. The molecule has 5 atom stereocenters. The second-order valence-corrected chi connectivity index (χ2v) is 13.0. The topological polar surface area (TPSA) is 121 Å². The van der Waals surface area contributed by atoms with Crippen LogP contribution in [-0.2, 0) is 20.8 Å². The molecule has 3 aromatic rings. The van der Waals surface area contributed by atoms with Crippen LogP contribution >= 0.6 is 11.6 Å². The second kappa shape index (κ2) is 13.1. The van der Waals surface area contributed by atoms with Crippen LogP contribution in [0.25, 0.3) is 11.0 Å². The normalized spacial score (nSPS) is 25.9. The van der Waals surface area contributed by atoms with Crippen LogP contribution in [-0.4, -0.2) is 78.3 Å². The third-order valence-corrected chi connectivity index (χ3v) is 9.58. The average Bonchev–Trinajstić information content (AvgIpc) is 3.46. The quantitative estimate of drug-likeness (QED) is 0.434. The molecule has 6 rings (SSSR count). The van der Waals surface area contributed by atoms with Gasteiger partial charge in [0.05, 0.1) is 7.11 Å². The SMILES string of the molecule is COc1cc(Cl)cc2cc(C(=O)N3C[C@@H]4C[C@H](C3)[C@@H]3CCCC(=O)N[C@@H](CCc5ccccc5)C(=O)N[C@H](C)C(=O)N3C4)oc12. The average molecular weight is 635 g/mol. The summed E-state index contributed by atoms with van der Waals surface area (Å²) in [6, 6.07) is 13.3. The number of halogens is 1. The molecule has 2 bridgehead atoms. The first-order chi connectivity index (χ1) is 21.7. The molecule has 45 heavy (non-hydrogen) atoms. The minimum absolute atomic E-state index is 0.0336. The molecule has 0 aliphatic carbocycles. The van der Waals surface area contributed by atoms with Crippen molar-refractivity contribution in [2.45, 2.75) is 63.6 Å². The fourth-order valence-corrected chi connectivity index (χ4v) is 7.44. The van der Waals surface area contributed by atoms with Crippen LogP contribution in [0.15, 0.2) is 52.9 Å². The Kier molecular flexibility index (Phi) is 9.03. The van der Waals surface area contributed by atoms with Crippen molar-refractivity contribution >= 4 is 46.2 Å². The molecule has 3 fully saturated rings. The van der Waals surface area contributed by atoms with Crippen LogP contribution < -0.4 is 15.4 Å². The van der Waals surface area contributed by atoms with Crippen molar-refractivity contribution in [3.63, 3.8) is 0 Å². The van der Waals surface area contributed by atoms with Crippen LogP contribution in [0.2, 0.25) is 5.02 Å². The number of furan rings is 1. The van der Waals surface area contributed by atoms with Gasteiger partial charge < -0.3 is 29.6 Å². The molecule has 3 aliphatic rings. The molecule has 0 spiro atoms. The van der Waals surface area contributed by atoms with E-state index in [1.807, 2.05) is 40.1 Å². The molecule has 0 unspecified atom stereocenters. The van der Waals surface area contributed by atoms with E-state index in [4.69, 9.17) is 20.8 Å². The van der Waals surface area contributed by atoms with Crippen LogP contribution in [0.5, 0.6) is 5.75 Å². The lowest BCUT2D eigenvalue weighted by atomic mass is 9.77. The van der Waals surface area contributed by atoms with E-state index in [0.717, 1.165) is 12.0 Å². The molecule has 3 saturated heterocycles. The van der Waals surface area contributed by atoms with E-state index in [9.17, 15) is 19.2 Å². The van der Waals surface area contributed by atoms with Gasteiger partial charge in [-0.1, -0.05) is 41.9 Å².